The number of carboxylic acid groups (broad SMARTS) is 1. The van der Waals surface area contributed by atoms with E-state index >= 15 is 0 Å². The molecule has 0 saturated heterocycles. The number of carbonyl (C=O) groups excluding carboxylic acids is 1. The highest BCUT2D eigenvalue weighted by Gasteiger charge is 2.18. The minimum Gasteiger partial charge on any atom is -0.481 e. The molecule has 0 radical (unpaired) electrons. The van der Waals surface area contributed by atoms with E-state index in [2.05, 4.69) is 0 Å². The average Bonchev–Trinajstić information content (AvgIpc) is 2.31. The molecule has 0 aliphatic carbocycles. The van der Waals surface area contributed by atoms with Gasteiger partial charge in [-0.25, -0.2) is 0 Å². The van der Waals surface area contributed by atoms with Crippen molar-refractivity contribution in [3.63, 3.8) is 0 Å². The molecule has 1 aromatic rings. The smallest absolute Gasteiger partial charge is 0.308 e. The van der Waals surface area contributed by atoms with Crippen molar-refractivity contribution in [1.29, 1.82) is 0 Å². The first-order chi connectivity index (χ1) is 8.32. The molecule has 18 heavy (non-hydrogen) atoms. The number of halogens is 2. The molecule has 0 aliphatic heterocycles. The van der Waals surface area contributed by atoms with Crippen molar-refractivity contribution in [1.82, 2.24) is 4.90 Å². The Morgan fingerprint density at radius 3 is 2.61 bits per heavy atom. The highest BCUT2D eigenvalue weighted by Crippen LogP contribution is 2.20. The Morgan fingerprint density at radius 2 is 2.11 bits per heavy atom. The van der Waals surface area contributed by atoms with E-state index in [1.165, 1.54) is 4.90 Å². The molecule has 6 heteroatoms. The lowest BCUT2D eigenvalue weighted by atomic mass is 10.1. The minimum atomic E-state index is -0.916. The van der Waals surface area contributed by atoms with Crippen molar-refractivity contribution in [2.24, 2.45) is 5.92 Å². The number of hydrogen-bond donors (Lipinski definition) is 1. The second-order valence-electron chi connectivity index (χ2n) is 4.05. The Bertz CT molecular complexity index is 478. The van der Waals surface area contributed by atoms with E-state index in [9.17, 15) is 9.59 Å². The summed E-state index contributed by atoms with van der Waals surface area (Å²) in [5.41, 5.74) is 0.504. The van der Waals surface area contributed by atoms with Crippen LogP contribution in [0.2, 0.25) is 5.02 Å². The SMILES string of the molecule is CC(CN(C)C(=O)c1ccc(Cl)c(I)c1)C(=O)O. The first-order valence-corrected chi connectivity index (χ1v) is 6.72. The fourth-order valence-electron chi connectivity index (χ4n) is 1.42. The molecule has 0 aromatic heterocycles. The summed E-state index contributed by atoms with van der Waals surface area (Å²) >= 11 is 7.93. The number of carbonyl (C=O) groups is 2. The molecule has 98 valence electrons. The molecule has 1 amide bonds. The van der Waals surface area contributed by atoms with Crippen LogP contribution in [0.1, 0.15) is 17.3 Å². The molecular formula is C12H13ClINO3. The Morgan fingerprint density at radius 1 is 1.50 bits per heavy atom. The van der Waals surface area contributed by atoms with Gasteiger partial charge in [0.2, 0.25) is 0 Å². The lowest BCUT2D eigenvalue weighted by Gasteiger charge is -2.19. The Labute approximate surface area is 124 Å². The first-order valence-electron chi connectivity index (χ1n) is 5.26. The standard InChI is InChI=1S/C12H13ClINO3/c1-7(12(17)18)6-15(2)11(16)8-3-4-9(13)10(14)5-8/h3-5,7H,6H2,1-2H3,(H,17,18). The average molecular weight is 382 g/mol. The lowest BCUT2D eigenvalue weighted by molar-refractivity contribution is -0.141. The maximum absolute atomic E-state index is 12.1. The highest BCUT2D eigenvalue weighted by atomic mass is 127. The maximum Gasteiger partial charge on any atom is 0.308 e. The molecular weight excluding hydrogens is 368 g/mol. The number of rotatable bonds is 4. The number of hydrogen-bond acceptors (Lipinski definition) is 2. The molecule has 1 rings (SSSR count). The predicted octanol–water partition coefficient (Wildman–Crippen LogP) is 2.74. The fourth-order valence-corrected chi connectivity index (χ4v) is 2.05. The van der Waals surface area contributed by atoms with Gasteiger partial charge in [0.05, 0.1) is 10.9 Å². The van der Waals surface area contributed by atoms with E-state index < -0.39 is 11.9 Å². The zero-order chi connectivity index (χ0) is 13.9. The van der Waals surface area contributed by atoms with Crippen molar-refractivity contribution < 1.29 is 14.7 Å². The van der Waals surface area contributed by atoms with Crippen LogP contribution in [-0.4, -0.2) is 35.5 Å². The highest BCUT2D eigenvalue weighted by molar-refractivity contribution is 14.1. The van der Waals surface area contributed by atoms with Crippen molar-refractivity contribution >= 4 is 46.1 Å². The van der Waals surface area contributed by atoms with Crippen molar-refractivity contribution in [3.8, 4) is 0 Å². The lowest BCUT2D eigenvalue weighted by Crippen LogP contribution is -2.33. The van der Waals surface area contributed by atoms with Gasteiger partial charge < -0.3 is 10.0 Å². The number of carboxylic acids is 1. The van der Waals surface area contributed by atoms with Crippen LogP contribution in [0, 0.1) is 9.49 Å². The Hall–Kier alpha value is -0.820. The Balaban J connectivity index is 2.80. The van der Waals surface area contributed by atoms with Crippen LogP contribution >= 0.6 is 34.2 Å². The monoisotopic (exact) mass is 381 g/mol. The number of amides is 1. The van der Waals surface area contributed by atoms with E-state index in [0.29, 0.717) is 10.6 Å². The second-order valence-corrected chi connectivity index (χ2v) is 5.62. The molecule has 4 nitrogen and oxygen atoms in total. The third-order valence-corrected chi connectivity index (χ3v) is 4.02. The van der Waals surface area contributed by atoms with Crippen LogP contribution in [0.3, 0.4) is 0 Å². The molecule has 1 atom stereocenters. The summed E-state index contributed by atoms with van der Waals surface area (Å²) in [6.45, 7) is 1.74. The fraction of sp³-hybridized carbons (Fsp3) is 0.333. The Kier molecular flexibility index (Phi) is 5.40. The van der Waals surface area contributed by atoms with E-state index in [1.807, 2.05) is 22.6 Å². The van der Waals surface area contributed by atoms with Crippen LogP contribution in [0.5, 0.6) is 0 Å². The van der Waals surface area contributed by atoms with Gasteiger partial charge in [0.15, 0.2) is 0 Å². The van der Waals surface area contributed by atoms with Crippen LogP contribution < -0.4 is 0 Å². The molecule has 0 aliphatic rings. The maximum atomic E-state index is 12.1. The van der Waals surface area contributed by atoms with Crippen molar-refractivity contribution in [3.05, 3.63) is 32.4 Å². The van der Waals surface area contributed by atoms with Crippen molar-refractivity contribution in [2.75, 3.05) is 13.6 Å². The van der Waals surface area contributed by atoms with E-state index in [1.54, 1.807) is 32.2 Å². The number of aliphatic carboxylic acids is 1. The zero-order valence-corrected chi connectivity index (χ0v) is 12.9. The van der Waals surface area contributed by atoms with Crippen molar-refractivity contribution in [2.45, 2.75) is 6.92 Å². The third-order valence-electron chi connectivity index (χ3n) is 2.48. The number of benzene rings is 1. The third kappa shape index (κ3) is 3.84. The van der Waals surface area contributed by atoms with E-state index in [4.69, 9.17) is 16.7 Å². The van der Waals surface area contributed by atoms with Crippen LogP contribution in [0.25, 0.3) is 0 Å². The van der Waals surface area contributed by atoms with Gasteiger partial charge in [-0.15, -0.1) is 0 Å². The van der Waals surface area contributed by atoms with Gasteiger partial charge in [0.25, 0.3) is 5.91 Å². The summed E-state index contributed by atoms with van der Waals surface area (Å²) in [5.74, 6) is -1.72. The molecule has 0 spiro atoms. The molecule has 0 bridgehead atoms. The molecule has 1 unspecified atom stereocenters. The quantitative estimate of drug-likeness (QED) is 0.816. The van der Waals surface area contributed by atoms with Crippen LogP contribution in [0.4, 0.5) is 0 Å². The number of nitrogens with zero attached hydrogens (tertiary/aromatic N) is 1. The van der Waals surface area contributed by atoms with Crippen LogP contribution in [-0.2, 0) is 4.79 Å². The topological polar surface area (TPSA) is 57.6 Å². The van der Waals surface area contributed by atoms with E-state index in [-0.39, 0.29) is 12.5 Å². The minimum absolute atomic E-state index is 0.174. The summed E-state index contributed by atoms with van der Waals surface area (Å²) in [7, 11) is 1.59. The van der Waals surface area contributed by atoms with E-state index in [0.717, 1.165) is 3.57 Å². The van der Waals surface area contributed by atoms with Gasteiger partial charge in [0, 0.05) is 22.7 Å². The zero-order valence-electron chi connectivity index (χ0n) is 9.98. The summed E-state index contributed by atoms with van der Waals surface area (Å²) in [4.78, 5) is 24.2. The molecule has 0 saturated carbocycles. The summed E-state index contributed by atoms with van der Waals surface area (Å²) in [6.07, 6.45) is 0. The van der Waals surface area contributed by atoms with Gasteiger partial charge >= 0.3 is 5.97 Å². The molecule has 0 heterocycles. The van der Waals surface area contributed by atoms with Gasteiger partial charge in [-0.3, -0.25) is 9.59 Å². The van der Waals surface area contributed by atoms with Crippen LogP contribution in [0.15, 0.2) is 18.2 Å². The molecule has 0 fully saturated rings. The summed E-state index contributed by atoms with van der Waals surface area (Å²) in [5, 5.41) is 9.40. The summed E-state index contributed by atoms with van der Waals surface area (Å²) in [6, 6.07) is 4.98. The van der Waals surface area contributed by atoms with Gasteiger partial charge in [0.1, 0.15) is 0 Å². The largest absolute Gasteiger partial charge is 0.481 e. The molecule has 1 aromatic carbocycles. The normalized spacial score (nSPS) is 12.0. The van der Waals surface area contributed by atoms with Gasteiger partial charge in [-0.05, 0) is 40.8 Å². The first kappa shape index (κ1) is 15.2. The summed E-state index contributed by atoms with van der Waals surface area (Å²) < 4.78 is 0.791. The van der Waals surface area contributed by atoms with Gasteiger partial charge in [-0.1, -0.05) is 18.5 Å². The predicted molar refractivity (Wildman–Crippen MR) is 77.9 cm³/mol. The second kappa shape index (κ2) is 6.38. The van der Waals surface area contributed by atoms with Gasteiger partial charge in [-0.2, -0.15) is 0 Å². The molecule has 1 N–H and O–H groups in total.